The number of fused-ring (bicyclic) bond motifs is 5. The van der Waals surface area contributed by atoms with Gasteiger partial charge in [-0.05, 0) is 107 Å². The van der Waals surface area contributed by atoms with E-state index in [0.29, 0.717) is 61.6 Å². The van der Waals surface area contributed by atoms with Crippen LogP contribution < -0.4 is 16.4 Å². The third-order valence-corrected chi connectivity index (χ3v) is 23.1. The molecule has 1 heterocycles. The molecule has 0 radical (unpaired) electrons. The minimum Gasteiger partial charge on any atom is -0.481 e. The standard InChI is InChI=1S/C15H16O5.C13H12N2O4.C12H13NO4.C12H14O4.2C11H10O3.2C10H8N2.C10H10O4/c1-3-20-13(17)9-15(14(18)19-2)11-7-5-4-6-10(11)8-12(15)16;16-10(17)5-9-8-4-2-1-3-7(8)6-13(9)11(18)14-12(19)15-13;13-12(11(16)17)6-7-3-1-2-4-8(7)9(12)5-10(14)15;1-15-11(13)7-9-5-3-4-6-10(9)8-12(14)16-2;1-14-11(13)10-8-5-3-2-4-7(8)6-9(10)12;12-10-5-7-3-1-2-4-8(7)9(10)6-11(13)14;2*11-7-5-9-3-1-2-4-10(9)6-8-12;11-9(12)5-7-3-1-2-4-8(7)6-10(13)14/h4-7H,3,8-9H2,1-2H3;1-4,9H,5-6H2,(H,16,17)(H2,14,15,18,19);1-4,9H,5-6,13H2,(H,14,15)(H,16,17);3-6H,7-8H2,1-2H3;2-5,10H,6H2,1H3;1-4,9H,5-6H2,(H,13,14);2*1-4H,5-6H2;1-4H,5-6H2,(H,11,12)(H,13,14). The van der Waals surface area contributed by atoms with Gasteiger partial charge < -0.3 is 65.4 Å². The average molecular weight is 1880 g/mol. The van der Waals surface area contributed by atoms with E-state index in [1.165, 1.54) is 28.4 Å². The highest BCUT2D eigenvalue weighted by Gasteiger charge is 2.58. The topological polar surface area (TPSA) is 586 Å². The summed E-state index contributed by atoms with van der Waals surface area (Å²) in [6.45, 7) is 1.87. The molecule has 3 amide bonds. The Balaban J connectivity index is 0.000000212. The van der Waals surface area contributed by atoms with Crippen LogP contribution in [0.3, 0.4) is 0 Å². The third-order valence-electron chi connectivity index (χ3n) is 23.1. The second-order valence-electron chi connectivity index (χ2n) is 31.8. The second-order valence-corrected chi connectivity index (χ2v) is 31.8. The number of carbonyl (C=O) groups is 16. The predicted octanol–water partition coefficient (Wildman–Crippen LogP) is 10.3. The Hall–Kier alpha value is -17.0. The van der Waals surface area contributed by atoms with Crippen molar-refractivity contribution in [3.63, 3.8) is 0 Å². The molecule has 1 spiro atoms. The van der Waals surface area contributed by atoms with Crippen molar-refractivity contribution in [2.24, 2.45) is 5.73 Å². The number of nitrogens with one attached hydrogen (secondary N) is 2. The molecule has 34 heteroatoms. The van der Waals surface area contributed by atoms with Gasteiger partial charge in [0.15, 0.2) is 17.0 Å². The molecule has 0 bridgehead atoms. The van der Waals surface area contributed by atoms with E-state index in [-0.39, 0.29) is 100 Å². The molecule has 5 aliphatic carbocycles. The number of carboxylic acid groups (broad SMARTS) is 6. The number of esters is 5. The maximum absolute atomic E-state index is 12.4. The van der Waals surface area contributed by atoms with Gasteiger partial charge in [0.05, 0.1) is 142 Å². The smallest absolute Gasteiger partial charge is 0.324 e. The number of imide groups is 1. The first-order valence-electron chi connectivity index (χ1n) is 42.9. The molecular formula is C104H101N7O27. The van der Waals surface area contributed by atoms with Crippen molar-refractivity contribution >= 4 is 95.0 Å². The monoisotopic (exact) mass is 1880 g/mol. The van der Waals surface area contributed by atoms with Crippen LogP contribution in [0.1, 0.15) is 156 Å². The Labute approximate surface area is 793 Å². The fourth-order valence-corrected chi connectivity index (χ4v) is 16.6. The summed E-state index contributed by atoms with van der Waals surface area (Å²) in [4.78, 5) is 181. The summed E-state index contributed by atoms with van der Waals surface area (Å²) < 4.78 is 23.4. The lowest BCUT2D eigenvalue weighted by atomic mass is 9.78. The van der Waals surface area contributed by atoms with E-state index in [9.17, 15) is 81.8 Å². The second kappa shape index (κ2) is 52.5. The van der Waals surface area contributed by atoms with Crippen LogP contribution in [0.4, 0.5) is 4.79 Å². The lowest BCUT2D eigenvalue weighted by molar-refractivity contribution is -0.158. The SMILES string of the molecule is CCOC(=O)CC1(C(=O)OC)C(=O)Cc2ccccc21.COC(=O)C1C(=O)Cc2ccccc21.COC(=O)Cc1ccccc1CC(=O)OC.N#CCc1ccccc1CC#N.N#CCc1ccccc1CC#N.NC1(C(=O)O)Cc2ccccc2C1CC(=O)O.O=C(O)CC1C(=O)Cc2ccccc21.O=C(O)CC1c2ccccc2CC12NC(=O)NC2=O.O=C(O)Cc1ccccc1CC(=O)O. The number of hydrogen-bond donors (Lipinski definition) is 9. The average Bonchev–Trinajstić information content (AvgIpc) is 1.56. The number of methoxy groups -OCH3 is 4. The van der Waals surface area contributed by atoms with Gasteiger partial charge >= 0.3 is 71.7 Å². The van der Waals surface area contributed by atoms with Crippen molar-refractivity contribution < 1.29 is 131 Å². The zero-order valence-corrected chi connectivity index (χ0v) is 75.9. The number of nitrogens with zero attached hydrogens (tertiary/aromatic N) is 4. The summed E-state index contributed by atoms with van der Waals surface area (Å²) in [5.74, 6) is -11.5. The number of amides is 3. The van der Waals surface area contributed by atoms with Crippen LogP contribution >= 0.6 is 0 Å². The molecule has 6 aliphatic rings. The molecule has 138 heavy (non-hydrogen) atoms. The van der Waals surface area contributed by atoms with Crippen LogP contribution in [0.15, 0.2) is 218 Å². The molecule has 0 saturated carbocycles. The van der Waals surface area contributed by atoms with Gasteiger partial charge in [0.25, 0.3) is 5.91 Å². The number of Topliss-reactive ketones (excluding diaryl/α,β-unsaturated/α-hetero) is 3. The molecule has 10 N–H and O–H groups in total. The summed E-state index contributed by atoms with van der Waals surface area (Å²) in [5, 5.41) is 91.7. The van der Waals surface area contributed by atoms with Crippen LogP contribution in [0.2, 0.25) is 0 Å². The van der Waals surface area contributed by atoms with Crippen molar-refractivity contribution in [2.45, 2.75) is 156 Å². The maximum atomic E-state index is 12.4. The van der Waals surface area contributed by atoms with E-state index >= 15 is 0 Å². The Kier molecular flexibility index (Phi) is 41.1. The number of carbonyl (C=O) groups excluding carboxylic acids is 10. The molecule has 1 saturated heterocycles. The van der Waals surface area contributed by atoms with Crippen LogP contribution in [0.25, 0.3) is 0 Å². The third kappa shape index (κ3) is 29.0. The van der Waals surface area contributed by atoms with E-state index in [1.54, 1.807) is 97.9 Å². The Morgan fingerprint density at radius 1 is 0.399 bits per heavy atom. The first-order valence-corrected chi connectivity index (χ1v) is 42.9. The zero-order chi connectivity index (χ0) is 101. The highest BCUT2D eigenvalue weighted by Crippen LogP contribution is 2.46. The van der Waals surface area contributed by atoms with Gasteiger partial charge in [0, 0.05) is 43.9 Å². The van der Waals surface area contributed by atoms with Gasteiger partial charge in [-0.25, -0.2) is 4.79 Å². The molecule has 34 nitrogen and oxygen atoms in total. The summed E-state index contributed by atoms with van der Waals surface area (Å²) in [6, 6.07) is 72.9. The fourth-order valence-electron chi connectivity index (χ4n) is 16.6. The number of hydrogen-bond acceptors (Lipinski definition) is 26. The van der Waals surface area contributed by atoms with Gasteiger partial charge in [-0.15, -0.1) is 0 Å². The largest absolute Gasteiger partial charge is 0.481 e. The molecule has 714 valence electrons. The molecule has 0 aromatic heterocycles. The van der Waals surface area contributed by atoms with Crippen molar-refractivity contribution in [3.05, 3.63) is 319 Å². The Bertz CT molecular complexity index is 5990. The summed E-state index contributed by atoms with van der Waals surface area (Å²) >= 11 is 0. The van der Waals surface area contributed by atoms with Crippen molar-refractivity contribution in [1.29, 1.82) is 21.0 Å². The van der Waals surface area contributed by atoms with Crippen LogP contribution in [0.5, 0.6) is 0 Å². The first-order chi connectivity index (χ1) is 66.0. The number of benzene rings is 9. The number of nitriles is 4. The first kappa shape index (κ1) is 108. The quantitative estimate of drug-likeness (QED) is 0.0117. The zero-order valence-electron chi connectivity index (χ0n) is 75.9. The number of ether oxygens (including phenoxy) is 5. The minimum atomic E-state index is -1.56. The molecule has 9 aromatic rings. The molecule has 1 fully saturated rings. The normalized spacial score (nSPS) is 17.6. The van der Waals surface area contributed by atoms with Gasteiger partial charge in [-0.2, -0.15) is 21.0 Å². The van der Waals surface area contributed by atoms with Gasteiger partial charge in [-0.1, -0.05) is 218 Å². The summed E-state index contributed by atoms with van der Waals surface area (Å²) in [6.07, 6.45) is 2.12. The van der Waals surface area contributed by atoms with Gasteiger partial charge in [-0.3, -0.25) is 77.2 Å². The van der Waals surface area contributed by atoms with E-state index in [2.05, 4.69) is 49.1 Å². The highest BCUT2D eigenvalue weighted by atomic mass is 16.5. The number of ketones is 3. The van der Waals surface area contributed by atoms with Crippen LogP contribution in [-0.2, 0) is 184 Å². The summed E-state index contributed by atoms with van der Waals surface area (Å²) in [5.41, 5.74) is 16.4. The highest BCUT2D eigenvalue weighted by molar-refractivity contribution is 6.16. The Morgan fingerprint density at radius 3 is 1.17 bits per heavy atom. The van der Waals surface area contributed by atoms with E-state index < -0.39 is 106 Å². The fraction of sp³-hybridized carbons (Fsp3) is 0.288. The van der Waals surface area contributed by atoms with Crippen molar-refractivity contribution in [2.75, 3.05) is 35.0 Å². The minimum absolute atomic E-state index is 0.0219. The van der Waals surface area contributed by atoms with Crippen molar-refractivity contribution in [3.8, 4) is 24.3 Å². The lowest BCUT2D eigenvalue weighted by Crippen LogP contribution is -2.52. The van der Waals surface area contributed by atoms with Gasteiger partial charge in [0.1, 0.15) is 22.8 Å². The lowest BCUT2D eigenvalue weighted by Gasteiger charge is -2.27. The molecule has 9 aromatic carbocycles. The predicted molar refractivity (Wildman–Crippen MR) is 492 cm³/mol. The number of rotatable bonds is 24. The molecule has 7 atom stereocenters. The van der Waals surface area contributed by atoms with E-state index in [4.69, 9.17) is 61.8 Å². The molecule has 7 unspecified atom stereocenters. The van der Waals surface area contributed by atoms with Crippen molar-refractivity contribution in [1.82, 2.24) is 10.6 Å². The number of urea groups is 1. The molecular weight excluding hydrogens is 1780 g/mol. The van der Waals surface area contributed by atoms with E-state index in [0.717, 1.165) is 83.5 Å². The molecule has 1 aliphatic heterocycles. The number of aliphatic carboxylic acids is 6. The van der Waals surface area contributed by atoms with Crippen LogP contribution in [-0.4, -0.2) is 172 Å². The number of nitrogens with two attached hydrogens (primary N) is 1. The van der Waals surface area contributed by atoms with Crippen LogP contribution in [0, 0.1) is 45.3 Å². The maximum Gasteiger partial charge on any atom is 0.324 e. The van der Waals surface area contributed by atoms with Gasteiger partial charge in [0.2, 0.25) is 0 Å². The number of carboxylic acids is 6. The summed E-state index contributed by atoms with van der Waals surface area (Å²) in [7, 11) is 5.19. The molecule has 15 rings (SSSR count). The Morgan fingerprint density at radius 2 is 0.768 bits per heavy atom. The van der Waals surface area contributed by atoms with E-state index in [1.807, 2.05) is 127 Å².